The summed E-state index contributed by atoms with van der Waals surface area (Å²) in [6.07, 6.45) is 1.96. The fraction of sp³-hybridized carbons (Fsp3) is 0.500. The lowest BCUT2D eigenvalue weighted by Gasteiger charge is -2.22. The summed E-state index contributed by atoms with van der Waals surface area (Å²) < 4.78 is 15.9. The van der Waals surface area contributed by atoms with E-state index in [1.54, 1.807) is 12.1 Å². The van der Waals surface area contributed by atoms with Gasteiger partial charge in [0.1, 0.15) is 0 Å². The van der Waals surface area contributed by atoms with Gasteiger partial charge in [-0.2, -0.15) is 0 Å². The Morgan fingerprint density at radius 1 is 1.32 bits per heavy atom. The molecular weight excluding hydrogens is 262 g/mol. The molecule has 1 heterocycles. The van der Waals surface area contributed by atoms with Crippen molar-refractivity contribution in [3.8, 4) is 0 Å². The number of esters is 1. The highest BCUT2D eigenvalue weighted by Gasteiger charge is 2.16. The van der Waals surface area contributed by atoms with E-state index in [1.165, 1.54) is 7.11 Å². The lowest BCUT2D eigenvalue weighted by atomic mass is 10.1. The van der Waals surface area contributed by atoms with E-state index in [0.717, 1.165) is 36.5 Å². The Bertz CT molecular complexity index is 448. The minimum absolute atomic E-state index is 0.311. The summed E-state index contributed by atoms with van der Waals surface area (Å²) in [7, 11) is 0.770. The number of benzene rings is 1. The number of nitrogens with one attached hydrogen (secondary N) is 1. The van der Waals surface area contributed by atoms with Crippen molar-refractivity contribution in [1.29, 1.82) is 0 Å². The first-order chi connectivity index (χ1) is 9.19. The highest BCUT2D eigenvalue weighted by molar-refractivity contribution is 7.85. The maximum Gasteiger partial charge on any atom is 0.337 e. The van der Waals surface area contributed by atoms with Crippen LogP contribution >= 0.6 is 0 Å². The van der Waals surface area contributed by atoms with Crippen molar-refractivity contribution in [2.75, 3.05) is 18.6 Å². The maximum absolute atomic E-state index is 11.3. The molecular formula is C14H19NO3S. The zero-order chi connectivity index (χ0) is 13.7. The molecule has 1 fully saturated rings. The lowest BCUT2D eigenvalue weighted by Crippen LogP contribution is -2.35. The molecule has 1 N–H and O–H groups in total. The standard InChI is InChI=1S/C14H19NO3S/c1-18-14(16)12-4-2-11(3-5-12)10-15-13-6-8-19(17)9-7-13/h2-5,13,15H,6-10H2,1H3. The van der Waals surface area contributed by atoms with Crippen molar-refractivity contribution >= 4 is 16.8 Å². The second kappa shape index (κ2) is 6.82. The van der Waals surface area contributed by atoms with E-state index in [9.17, 15) is 9.00 Å². The van der Waals surface area contributed by atoms with Crippen LogP contribution in [-0.2, 0) is 22.1 Å². The van der Waals surface area contributed by atoms with Gasteiger partial charge >= 0.3 is 5.97 Å². The third kappa shape index (κ3) is 4.14. The highest BCUT2D eigenvalue weighted by atomic mass is 32.2. The van der Waals surface area contributed by atoms with Crippen LogP contribution in [0.3, 0.4) is 0 Å². The first kappa shape index (κ1) is 14.2. The van der Waals surface area contributed by atoms with Crippen molar-refractivity contribution in [3.63, 3.8) is 0 Å². The topological polar surface area (TPSA) is 55.4 Å². The number of ether oxygens (including phenoxy) is 1. The molecule has 1 aliphatic heterocycles. The van der Waals surface area contributed by atoms with Gasteiger partial charge in [-0.25, -0.2) is 4.79 Å². The van der Waals surface area contributed by atoms with Crippen molar-refractivity contribution in [2.24, 2.45) is 0 Å². The van der Waals surface area contributed by atoms with Gasteiger partial charge in [0.2, 0.25) is 0 Å². The molecule has 0 radical (unpaired) electrons. The fourth-order valence-corrected chi connectivity index (χ4v) is 3.44. The van der Waals surface area contributed by atoms with Crippen molar-refractivity contribution in [2.45, 2.75) is 25.4 Å². The number of rotatable bonds is 4. The predicted molar refractivity (Wildman–Crippen MR) is 75.5 cm³/mol. The molecule has 2 rings (SSSR count). The van der Waals surface area contributed by atoms with E-state index >= 15 is 0 Å². The largest absolute Gasteiger partial charge is 0.465 e. The van der Waals surface area contributed by atoms with Gasteiger partial charge in [0.15, 0.2) is 0 Å². The summed E-state index contributed by atoms with van der Waals surface area (Å²) in [5.41, 5.74) is 1.71. The summed E-state index contributed by atoms with van der Waals surface area (Å²) in [5.74, 6) is 1.30. The van der Waals surface area contributed by atoms with Crippen LogP contribution in [0.5, 0.6) is 0 Å². The third-order valence-corrected chi connectivity index (χ3v) is 4.74. The molecule has 0 bridgehead atoms. The van der Waals surface area contributed by atoms with Gasteiger partial charge in [0.25, 0.3) is 0 Å². The van der Waals surface area contributed by atoms with Crippen LogP contribution in [0.25, 0.3) is 0 Å². The quantitative estimate of drug-likeness (QED) is 0.849. The van der Waals surface area contributed by atoms with Gasteiger partial charge < -0.3 is 10.1 Å². The molecule has 0 aliphatic carbocycles. The molecule has 1 aromatic rings. The number of hydrogen-bond acceptors (Lipinski definition) is 4. The summed E-state index contributed by atoms with van der Waals surface area (Å²) in [4.78, 5) is 11.3. The van der Waals surface area contributed by atoms with Crippen LogP contribution in [0.15, 0.2) is 24.3 Å². The molecule has 0 amide bonds. The fourth-order valence-electron chi connectivity index (χ4n) is 2.14. The molecule has 0 aromatic heterocycles. The maximum atomic E-state index is 11.3. The molecule has 5 heteroatoms. The van der Waals surface area contributed by atoms with Gasteiger partial charge in [0.05, 0.1) is 12.7 Å². The average Bonchev–Trinajstić information content (AvgIpc) is 2.46. The second-order valence-electron chi connectivity index (χ2n) is 4.69. The average molecular weight is 281 g/mol. The van der Waals surface area contributed by atoms with Crippen LogP contribution in [-0.4, -0.2) is 34.8 Å². The van der Waals surface area contributed by atoms with E-state index < -0.39 is 10.8 Å². The van der Waals surface area contributed by atoms with Crippen LogP contribution in [0, 0.1) is 0 Å². The van der Waals surface area contributed by atoms with E-state index in [4.69, 9.17) is 0 Å². The first-order valence-corrected chi connectivity index (χ1v) is 7.93. The predicted octanol–water partition coefficient (Wildman–Crippen LogP) is 1.47. The van der Waals surface area contributed by atoms with E-state index in [-0.39, 0.29) is 5.97 Å². The molecule has 0 spiro atoms. The normalized spacial score (nSPS) is 23.0. The monoisotopic (exact) mass is 281 g/mol. The number of hydrogen-bond donors (Lipinski definition) is 1. The van der Waals surface area contributed by atoms with Crippen molar-refractivity contribution in [3.05, 3.63) is 35.4 Å². The van der Waals surface area contributed by atoms with Crippen molar-refractivity contribution in [1.82, 2.24) is 5.32 Å². The molecule has 1 aromatic carbocycles. The molecule has 0 unspecified atom stereocenters. The third-order valence-electron chi connectivity index (χ3n) is 3.36. The molecule has 19 heavy (non-hydrogen) atoms. The SMILES string of the molecule is COC(=O)c1ccc(CNC2CCS(=O)CC2)cc1. The zero-order valence-corrected chi connectivity index (χ0v) is 11.9. The first-order valence-electron chi connectivity index (χ1n) is 6.44. The summed E-state index contributed by atoms with van der Waals surface area (Å²) in [6, 6.07) is 7.87. The Labute approximate surface area is 116 Å². The minimum Gasteiger partial charge on any atom is -0.465 e. The van der Waals surface area contributed by atoms with Crippen molar-refractivity contribution < 1.29 is 13.7 Å². The van der Waals surface area contributed by atoms with Crippen LogP contribution < -0.4 is 5.32 Å². The van der Waals surface area contributed by atoms with Gasteiger partial charge in [-0.3, -0.25) is 4.21 Å². The smallest absolute Gasteiger partial charge is 0.337 e. The molecule has 0 atom stereocenters. The Hall–Kier alpha value is -1.20. The van der Waals surface area contributed by atoms with Gasteiger partial charge in [-0.15, -0.1) is 0 Å². The van der Waals surface area contributed by atoms with E-state index in [0.29, 0.717) is 11.6 Å². The van der Waals surface area contributed by atoms with Gasteiger partial charge in [-0.1, -0.05) is 12.1 Å². The number of carbonyl (C=O) groups is 1. The van der Waals surface area contributed by atoms with Crippen LogP contribution in [0.4, 0.5) is 0 Å². The van der Waals surface area contributed by atoms with Gasteiger partial charge in [-0.05, 0) is 30.5 Å². The lowest BCUT2D eigenvalue weighted by molar-refractivity contribution is 0.0600. The zero-order valence-electron chi connectivity index (χ0n) is 11.1. The Balaban J connectivity index is 1.83. The van der Waals surface area contributed by atoms with Crippen LogP contribution in [0.2, 0.25) is 0 Å². The Morgan fingerprint density at radius 2 is 1.95 bits per heavy atom. The van der Waals surface area contributed by atoms with Crippen LogP contribution in [0.1, 0.15) is 28.8 Å². The second-order valence-corrected chi connectivity index (χ2v) is 6.39. The van der Waals surface area contributed by atoms with Gasteiger partial charge in [0, 0.05) is 34.9 Å². The Kier molecular flexibility index (Phi) is 5.10. The summed E-state index contributed by atoms with van der Waals surface area (Å²) in [6.45, 7) is 0.777. The molecule has 0 saturated carbocycles. The summed E-state index contributed by atoms with van der Waals surface area (Å²) in [5, 5.41) is 3.47. The van der Waals surface area contributed by atoms with E-state index in [2.05, 4.69) is 10.1 Å². The summed E-state index contributed by atoms with van der Waals surface area (Å²) >= 11 is 0. The Morgan fingerprint density at radius 3 is 2.53 bits per heavy atom. The minimum atomic E-state index is -0.610. The molecule has 1 saturated heterocycles. The molecule has 1 aliphatic rings. The molecule has 104 valence electrons. The molecule has 4 nitrogen and oxygen atoms in total. The highest BCUT2D eigenvalue weighted by Crippen LogP contribution is 2.11. The number of methoxy groups -OCH3 is 1. The van der Waals surface area contributed by atoms with E-state index in [1.807, 2.05) is 12.1 Å². The number of carbonyl (C=O) groups excluding carboxylic acids is 1.